The lowest BCUT2D eigenvalue weighted by Gasteiger charge is -2.19. The van der Waals surface area contributed by atoms with Crippen molar-refractivity contribution in [3.05, 3.63) is 59.7 Å². The van der Waals surface area contributed by atoms with Crippen LogP contribution in [-0.4, -0.2) is 42.8 Å². The third kappa shape index (κ3) is 5.79. The Morgan fingerprint density at radius 3 is 2.85 bits per heavy atom. The highest BCUT2D eigenvalue weighted by atomic mass is 16.6. The highest BCUT2D eigenvalue weighted by Crippen LogP contribution is 2.19. The summed E-state index contributed by atoms with van der Waals surface area (Å²) in [6, 6.07) is 9.65. The molecule has 5 heteroatoms. The molecule has 27 heavy (non-hydrogen) atoms. The molecule has 1 saturated heterocycles. The molecule has 0 aromatic heterocycles. The zero-order valence-electron chi connectivity index (χ0n) is 15.6. The number of benzene rings is 1. The van der Waals surface area contributed by atoms with Gasteiger partial charge in [0, 0.05) is 13.0 Å². The lowest BCUT2D eigenvalue weighted by molar-refractivity contribution is -0.129. The molecule has 3 rings (SSSR count). The number of cyclic esters (lactones) is 1. The van der Waals surface area contributed by atoms with E-state index >= 15 is 0 Å². The van der Waals surface area contributed by atoms with Crippen molar-refractivity contribution in [1.29, 1.82) is 0 Å². The molecule has 2 amide bonds. The Morgan fingerprint density at radius 2 is 2.07 bits per heavy atom. The van der Waals surface area contributed by atoms with Crippen LogP contribution in [0.4, 0.5) is 4.79 Å². The van der Waals surface area contributed by atoms with Crippen LogP contribution in [0.25, 0.3) is 0 Å². The maximum Gasteiger partial charge on any atom is 0.416 e. The summed E-state index contributed by atoms with van der Waals surface area (Å²) >= 11 is 0. The highest BCUT2D eigenvalue weighted by Gasteiger charge is 2.37. The maximum atomic E-state index is 12.5. The minimum absolute atomic E-state index is 0.154. The minimum atomic E-state index is -0.519. The summed E-state index contributed by atoms with van der Waals surface area (Å²) in [5.74, 6) is -0.154. The first-order chi connectivity index (χ1) is 13.2. The monoisotopic (exact) mass is 369 g/mol. The van der Waals surface area contributed by atoms with E-state index in [0.29, 0.717) is 32.5 Å². The first-order valence-electron chi connectivity index (χ1n) is 9.69. The zero-order valence-corrected chi connectivity index (χ0v) is 15.6. The van der Waals surface area contributed by atoms with Gasteiger partial charge in [-0.05, 0) is 43.2 Å². The van der Waals surface area contributed by atoms with Crippen molar-refractivity contribution in [1.82, 2.24) is 4.90 Å². The maximum absolute atomic E-state index is 12.5. The number of hydrogen-bond donors (Lipinski definition) is 0. The second kappa shape index (κ2) is 10.1. The van der Waals surface area contributed by atoms with Crippen LogP contribution in [-0.2, 0) is 20.7 Å². The third-order valence-electron chi connectivity index (χ3n) is 4.86. The number of carbonyl (C=O) groups is 2. The van der Waals surface area contributed by atoms with Crippen molar-refractivity contribution in [2.75, 3.05) is 19.8 Å². The molecule has 0 N–H and O–H groups in total. The number of hydrogen-bond acceptors (Lipinski definition) is 4. The van der Waals surface area contributed by atoms with E-state index < -0.39 is 6.09 Å². The van der Waals surface area contributed by atoms with Crippen LogP contribution in [0.15, 0.2) is 54.1 Å². The molecular formula is C22H27NO4. The van der Waals surface area contributed by atoms with Gasteiger partial charge in [0.15, 0.2) is 0 Å². The molecule has 0 bridgehead atoms. The van der Waals surface area contributed by atoms with Crippen LogP contribution in [0.2, 0.25) is 0 Å². The van der Waals surface area contributed by atoms with Crippen molar-refractivity contribution < 1.29 is 19.1 Å². The van der Waals surface area contributed by atoms with Gasteiger partial charge in [-0.15, -0.1) is 0 Å². The van der Waals surface area contributed by atoms with Gasteiger partial charge in [-0.2, -0.15) is 0 Å². The molecular weight excluding hydrogens is 342 g/mol. The lowest BCUT2D eigenvalue weighted by Crippen LogP contribution is -2.40. The molecule has 1 aromatic carbocycles. The van der Waals surface area contributed by atoms with E-state index in [1.807, 2.05) is 30.3 Å². The number of carbonyl (C=O) groups excluding carboxylic acids is 2. The van der Waals surface area contributed by atoms with Crippen molar-refractivity contribution in [3.63, 3.8) is 0 Å². The average molecular weight is 369 g/mol. The SMILES string of the molecule is O=C(CCCCOCC1=CC=CCC1)N1C(=O)OCC1Cc1ccccc1. The summed E-state index contributed by atoms with van der Waals surface area (Å²) in [5.41, 5.74) is 2.41. The molecule has 0 spiro atoms. The molecule has 1 aliphatic heterocycles. The molecule has 5 nitrogen and oxygen atoms in total. The highest BCUT2D eigenvalue weighted by molar-refractivity contribution is 5.93. The van der Waals surface area contributed by atoms with E-state index in [0.717, 1.165) is 24.8 Å². The molecule has 144 valence electrons. The molecule has 0 radical (unpaired) electrons. The summed E-state index contributed by atoms with van der Waals surface area (Å²) in [6.45, 7) is 1.56. The fraction of sp³-hybridized carbons (Fsp3) is 0.455. The molecule has 1 heterocycles. The first kappa shape index (κ1) is 19.4. The average Bonchev–Trinajstić information content (AvgIpc) is 3.06. The van der Waals surface area contributed by atoms with Crippen LogP contribution in [0.3, 0.4) is 0 Å². The van der Waals surface area contributed by atoms with Crippen LogP contribution in [0.1, 0.15) is 37.7 Å². The number of allylic oxidation sites excluding steroid dienone is 3. The Balaban J connectivity index is 1.37. The van der Waals surface area contributed by atoms with Gasteiger partial charge in [0.25, 0.3) is 0 Å². The fourth-order valence-electron chi connectivity index (χ4n) is 3.38. The van der Waals surface area contributed by atoms with Gasteiger partial charge in [-0.25, -0.2) is 9.69 Å². The summed E-state index contributed by atoms with van der Waals surface area (Å²) < 4.78 is 10.8. The van der Waals surface area contributed by atoms with E-state index in [1.54, 1.807) is 0 Å². The standard InChI is InChI=1S/C22H27NO4/c24-21(13-7-8-14-26-16-19-11-5-2-6-12-19)23-20(17-27-22(23)25)15-18-9-3-1-4-10-18/h1-5,9-11,20H,6-8,12-17H2. The molecule has 0 saturated carbocycles. The molecule has 1 aromatic rings. The third-order valence-corrected chi connectivity index (χ3v) is 4.86. The van der Waals surface area contributed by atoms with Crippen molar-refractivity contribution in [2.45, 2.75) is 44.6 Å². The summed E-state index contributed by atoms with van der Waals surface area (Å²) in [6.07, 6.45) is 10.5. The van der Waals surface area contributed by atoms with Crippen molar-refractivity contribution >= 4 is 12.0 Å². The Labute approximate surface area is 160 Å². The first-order valence-corrected chi connectivity index (χ1v) is 9.69. The Hall–Kier alpha value is -2.40. The van der Waals surface area contributed by atoms with E-state index in [-0.39, 0.29) is 18.6 Å². The van der Waals surface area contributed by atoms with Crippen LogP contribution >= 0.6 is 0 Å². The van der Waals surface area contributed by atoms with Gasteiger partial charge in [-0.3, -0.25) is 4.79 Å². The van der Waals surface area contributed by atoms with Gasteiger partial charge in [0.1, 0.15) is 6.61 Å². The number of imide groups is 1. The molecule has 1 aliphatic carbocycles. The van der Waals surface area contributed by atoms with Crippen LogP contribution < -0.4 is 0 Å². The largest absolute Gasteiger partial charge is 0.447 e. The topological polar surface area (TPSA) is 55.8 Å². The van der Waals surface area contributed by atoms with E-state index in [2.05, 4.69) is 18.2 Å². The molecule has 1 atom stereocenters. The van der Waals surface area contributed by atoms with Gasteiger partial charge in [0.05, 0.1) is 12.6 Å². The van der Waals surface area contributed by atoms with Crippen molar-refractivity contribution in [2.24, 2.45) is 0 Å². The molecule has 1 unspecified atom stereocenters. The normalized spacial score (nSPS) is 19.1. The van der Waals surface area contributed by atoms with Crippen LogP contribution in [0, 0.1) is 0 Å². The summed E-state index contributed by atoms with van der Waals surface area (Å²) in [4.78, 5) is 25.8. The van der Waals surface area contributed by atoms with E-state index in [1.165, 1.54) is 10.5 Å². The predicted molar refractivity (Wildman–Crippen MR) is 103 cm³/mol. The molecule has 1 fully saturated rings. The quantitative estimate of drug-likeness (QED) is 0.617. The summed E-state index contributed by atoms with van der Waals surface area (Å²) in [5, 5.41) is 0. The Bertz CT molecular complexity index is 696. The lowest BCUT2D eigenvalue weighted by atomic mass is 10.1. The van der Waals surface area contributed by atoms with Gasteiger partial charge in [-0.1, -0.05) is 48.6 Å². The fourth-order valence-corrected chi connectivity index (χ4v) is 3.38. The second-order valence-corrected chi connectivity index (χ2v) is 6.99. The number of nitrogens with zero attached hydrogens (tertiary/aromatic N) is 1. The second-order valence-electron chi connectivity index (χ2n) is 6.99. The summed E-state index contributed by atoms with van der Waals surface area (Å²) in [7, 11) is 0. The molecule has 2 aliphatic rings. The number of amides is 2. The zero-order chi connectivity index (χ0) is 18.9. The Kier molecular flexibility index (Phi) is 7.22. The van der Waals surface area contributed by atoms with Crippen molar-refractivity contribution in [3.8, 4) is 0 Å². The van der Waals surface area contributed by atoms with Gasteiger partial charge in [0.2, 0.25) is 5.91 Å². The van der Waals surface area contributed by atoms with Gasteiger partial charge < -0.3 is 9.47 Å². The van der Waals surface area contributed by atoms with E-state index in [4.69, 9.17) is 9.47 Å². The van der Waals surface area contributed by atoms with Crippen LogP contribution in [0.5, 0.6) is 0 Å². The van der Waals surface area contributed by atoms with E-state index in [9.17, 15) is 9.59 Å². The predicted octanol–water partition coefficient (Wildman–Crippen LogP) is 4.04. The smallest absolute Gasteiger partial charge is 0.416 e. The minimum Gasteiger partial charge on any atom is -0.447 e. The number of unbranched alkanes of at least 4 members (excludes halogenated alkanes) is 1. The van der Waals surface area contributed by atoms with Gasteiger partial charge >= 0.3 is 6.09 Å². The number of ether oxygens (including phenoxy) is 2. The Morgan fingerprint density at radius 1 is 1.22 bits per heavy atom. The number of rotatable bonds is 9.